The number of nitro benzene ring substituents is 1. The molecule has 0 bridgehead atoms. The van der Waals surface area contributed by atoms with E-state index in [9.17, 15) is 27.3 Å². The third-order valence-corrected chi connectivity index (χ3v) is 6.06. The highest BCUT2D eigenvalue weighted by molar-refractivity contribution is 7.92. The molecule has 3 aromatic rings. The second kappa shape index (κ2) is 9.41. The molecule has 8 nitrogen and oxygen atoms in total. The van der Waals surface area contributed by atoms with Gasteiger partial charge in [-0.15, -0.1) is 0 Å². The van der Waals surface area contributed by atoms with Crippen molar-refractivity contribution < 1.29 is 26.9 Å². The second-order valence-corrected chi connectivity index (χ2v) is 9.21. The number of ether oxygens (including phenoxy) is 1. The average Bonchev–Trinajstić information content (AvgIpc) is 2.72. The number of nitrogens with zero attached hydrogens (tertiary/aromatic N) is 1. The summed E-state index contributed by atoms with van der Waals surface area (Å²) in [6.45, 7) is 4.70. The molecule has 3 rings (SSSR count). The molecule has 2 N–H and O–H groups in total. The Balaban J connectivity index is 2.05. The van der Waals surface area contributed by atoms with Crippen LogP contribution in [0.25, 0.3) is 0 Å². The zero-order valence-corrected chi connectivity index (χ0v) is 18.8. The van der Waals surface area contributed by atoms with Crippen LogP contribution in [0.2, 0.25) is 0 Å². The number of nitro groups is 1. The van der Waals surface area contributed by atoms with E-state index in [4.69, 9.17) is 4.74 Å². The van der Waals surface area contributed by atoms with Gasteiger partial charge < -0.3 is 10.1 Å². The van der Waals surface area contributed by atoms with E-state index < -0.39 is 38.0 Å². The molecule has 0 aliphatic heterocycles. The predicted octanol–water partition coefficient (Wildman–Crippen LogP) is 5.79. The standard InChI is InChI=1S/C22H21F2N3O5S/c1-4-33(30,31)26-17-6-5-7-20(14(17)3)32-21-12-15(23)11-19(22(21)27(28)29)25-18-9-8-13(2)10-16(18)24/h5-12,25-26H,4H2,1-3H3. The van der Waals surface area contributed by atoms with Crippen molar-refractivity contribution in [3.8, 4) is 11.5 Å². The van der Waals surface area contributed by atoms with E-state index in [-0.39, 0.29) is 28.6 Å². The first-order chi connectivity index (χ1) is 15.5. The van der Waals surface area contributed by atoms with Crippen LogP contribution in [0.5, 0.6) is 11.5 Å². The fourth-order valence-electron chi connectivity index (χ4n) is 3.00. The lowest BCUT2D eigenvalue weighted by molar-refractivity contribution is -0.384. The van der Waals surface area contributed by atoms with Gasteiger partial charge in [-0.1, -0.05) is 12.1 Å². The van der Waals surface area contributed by atoms with Crippen LogP contribution in [0.15, 0.2) is 48.5 Å². The van der Waals surface area contributed by atoms with Gasteiger partial charge in [0.1, 0.15) is 23.1 Å². The van der Waals surface area contributed by atoms with Gasteiger partial charge >= 0.3 is 5.69 Å². The summed E-state index contributed by atoms with van der Waals surface area (Å²) in [5.74, 6) is -2.03. The number of benzene rings is 3. The van der Waals surface area contributed by atoms with Crippen molar-refractivity contribution in [3.63, 3.8) is 0 Å². The van der Waals surface area contributed by atoms with E-state index in [1.54, 1.807) is 19.9 Å². The van der Waals surface area contributed by atoms with Gasteiger partial charge in [0.2, 0.25) is 15.8 Å². The topological polar surface area (TPSA) is 111 Å². The van der Waals surface area contributed by atoms with Gasteiger partial charge in [0.25, 0.3) is 0 Å². The Morgan fingerprint density at radius 1 is 1.00 bits per heavy atom. The van der Waals surface area contributed by atoms with Crippen LogP contribution in [0.3, 0.4) is 0 Å². The summed E-state index contributed by atoms with van der Waals surface area (Å²) in [5, 5.41) is 14.4. The lowest BCUT2D eigenvalue weighted by atomic mass is 10.1. The zero-order valence-electron chi connectivity index (χ0n) is 18.0. The van der Waals surface area contributed by atoms with Gasteiger partial charge in [-0.3, -0.25) is 14.8 Å². The number of rotatable bonds is 8. The number of aryl methyl sites for hydroxylation is 1. The van der Waals surface area contributed by atoms with Crippen LogP contribution in [0.1, 0.15) is 18.1 Å². The molecule has 33 heavy (non-hydrogen) atoms. The van der Waals surface area contributed by atoms with Crippen molar-refractivity contribution in [1.29, 1.82) is 0 Å². The van der Waals surface area contributed by atoms with Crippen molar-refractivity contribution >= 4 is 32.8 Å². The lowest BCUT2D eigenvalue weighted by Gasteiger charge is -2.15. The molecule has 174 valence electrons. The minimum absolute atomic E-state index is 0.0764. The number of hydrogen-bond acceptors (Lipinski definition) is 6. The van der Waals surface area contributed by atoms with Crippen molar-refractivity contribution in [1.82, 2.24) is 0 Å². The Morgan fingerprint density at radius 2 is 1.73 bits per heavy atom. The summed E-state index contributed by atoms with van der Waals surface area (Å²) >= 11 is 0. The maximum Gasteiger partial charge on any atom is 0.334 e. The summed E-state index contributed by atoms with van der Waals surface area (Å²) in [5.41, 5.74) is 0.200. The first-order valence-corrected chi connectivity index (χ1v) is 11.4. The van der Waals surface area contributed by atoms with Crippen molar-refractivity contribution in [3.05, 3.63) is 81.4 Å². The Bertz CT molecular complexity index is 1330. The monoisotopic (exact) mass is 477 g/mol. The van der Waals surface area contributed by atoms with E-state index >= 15 is 0 Å². The van der Waals surface area contributed by atoms with Crippen LogP contribution in [-0.2, 0) is 10.0 Å². The molecule has 11 heteroatoms. The predicted molar refractivity (Wildman–Crippen MR) is 122 cm³/mol. The highest BCUT2D eigenvalue weighted by Crippen LogP contribution is 2.41. The van der Waals surface area contributed by atoms with E-state index in [1.165, 1.54) is 37.3 Å². The Morgan fingerprint density at radius 3 is 2.36 bits per heavy atom. The highest BCUT2D eigenvalue weighted by atomic mass is 32.2. The molecule has 0 atom stereocenters. The highest BCUT2D eigenvalue weighted by Gasteiger charge is 2.25. The van der Waals surface area contributed by atoms with Crippen LogP contribution >= 0.6 is 0 Å². The summed E-state index contributed by atoms with van der Waals surface area (Å²) in [6, 6.07) is 10.4. The minimum Gasteiger partial charge on any atom is -0.450 e. The molecule has 0 spiro atoms. The van der Waals surface area contributed by atoms with Crippen LogP contribution in [-0.4, -0.2) is 19.1 Å². The molecule has 0 unspecified atom stereocenters. The first-order valence-electron chi connectivity index (χ1n) is 9.79. The van der Waals surface area contributed by atoms with Gasteiger partial charge in [0, 0.05) is 17.7 Å². The molecule has 0 heterocycles. The number of sulfonamides is 1. The Kier molecular flexibility index (Phi) is 6.82. The zero-order chi connectivity index (χ0) is 24.3. The first kappa shape index (κ1) is 23.9. The van der Waals surface area contributed by atoms with Crippen molar-refractivity contribution in [2.45, 2.75) is 20.8 Å². The van der Waals surface area contributed by atoms with E-state index in [1.807, 2.05) is 0 Å². The van der Waals surface area contributed by atoms with Gasteiger partial charge in [-0.2, -0.15) is 0 Å². The molecule has 0 fully saturated rings. The third-order valence-electron chi connectivity index (χ3n) is 4.77. The summed E-state index contributed by atoms with van der Waals surface area (Å²) < 4.78 is 60.5. The molecule has 0 saturated heterocycles. The maximum absolute atomic E-state index is 14.4. The van der Waals surface area contributed by atoms with Crippen LogP contribution in [0, 0.1) is 35.6 Å². The summed E-state index contributed by atoms with van der Waals surface area (Å²) in [4.78, 5) is 11.1. The number of anilines is 3. The summed E-state index contributed by atoms with van der Waals surface area (Å²) in [7, 11) is -3.58. The SMILES string of the molecule is CCS(=O)(=O)Nc1cccc(Oc2cc(F)cc(Nc3ccc(C)cc3F)c2[N+](=O)[O-])c1C. The van der Waals surface area contributed by atoms with Crippen LogP contribution in [0.4, 0.5) is 31.5 Å². The van der Waals surface area contributed by atoms with Crippen LogP contribution < -0.4 is 14.8 Å². The normalized spacial score (nSPS) is 11.2. The molecule has 0 aliphatic carbocycles. The van der Waals surface area contributed by atoms with Crippen molar-refractivity contribution in [2.75, 3.05) is 15.8 Å². The second-order valence-electron chi connectivity index (χ2n) is 7.20. The van der Waals surface area contributed by atoms with Gasteiger partial charge in [0.05, 0.1) is 22.1 Å². The number of hydrogen-bond donors (Lipinski definition) is 2. The van der Waals surface area contributed by atoms with E-state index in [2.05, 4.69) is 10.0 Å². The fraction of sp³-hybridized carbons (Fsp3) is 0.182. The quantitative estimate of drug-likeness (QED) is 0.314. The largest absolute Gasteiger partial charge is 0.450 e. The molecule has 0 amide bonds. The lowest BCUT2D eigenvalue weighted by Crippen LogP contribution is -2.15. The van der Waals surface area contributed by atoms with Crippen molar-refractivity contribution in [2.24, 2.45) is 0 Å². The molecule has 0 aromatic heterocycles. The molecule has 3 aromatic carbocycles. The summed E-state index contributed by atoms with van der Waals surface area (Å²) in [6.07, 6.45) is 0. The van der Waals surface area contributed by atoms with E-state index in [0.29, 0.717) is 11.1 Å². The van der Waals surface area contributed by atoms with Gasteiger partial charge in [-0.05, 0) is 50.6 Å². The van der Waals surface area contributed by atoms with Gasteiger partial charge in [-0.25, -0.2) is 17.2 Å². The average molecular weight is 477 g/mol. The third kappa shape index (κ3) is 5.55. The molecular weight excluding hydrogens is 456 g/mol. The molecule has 0 radical (unpaired) electrons. The van der Waals surface area contributed by atoms with E-state index in [0.717, 1.165) is 12.1 Å². The number of halogens is 2. The minimum atomic E-state index is -3.58. The Hall–Kier alpha value is -3.73. The molecule has 0 aliphatic rings. The number of nitrogens with one attached hydrogen (secondary N) is 2. The smallest absolute Gasteiger partial charge is 0.334 e. The van der Waals surface area contributed by atoms with Gasteiger partial charge in [0.15, 0.2) is 0 Å². The Labute approximate surface area is 189 Å². The maximum atomic E-state index is 14.4. The molecular formula is C22H21F2N3O5S. The molecule has 0 saturated carbocycles. The fourth-order valence-corrected chi connectivity index (χ4v) is 3.70.